The second kappa shape index (κ2) is 5.64. The fraction of sp³-hybridized carbons (Fsp3) is 0.150. The Labute approximate surface area is 130 Å². The topological polar surface area (TPSA) is 33.1 Å². The Hall–Kier alpha value is -2.61. The highest BCUT2D eigenvalue weighted by atomic mass is 16.3. The largest absolute Gasteiger partial charge is 0.507 e. The molecular weight excluding hydrogens is 270 g/mol. The number of para-hydroxylation sites is 1. The van der Waals surface area contributed by atoms with Crippen molar-refractivity contribution in [2.24, 2.45) is 0 Å². The molecule has 3 rings (SSSR count). The lowest BCUT2D eigenvalue weighted by atomic mass is 10.0. The minimum atomic E-state index is 0.280. The van der Waals surface area contributed by atoms with Gasteiger partial charge in [0.25, 0.3) is 0 Å². The third-order valence-electron chi connectivity index (χ3n) is 4.09. The number of aromatic hydroxyl groups is 1. The van der Waals surface area contributed by atoms with Crippen molar-refractivity contribution in [2.75, 3.05) is 0 Å². The molecule has 2 aromatic carbocycles. The molecule has 0 aliphatic heterocycles. The van der Waals surface area contributed by atoms with Crippen LogP contribution in [0.5, 0.6) is 5.75 Å². The van der Waals surface area contributed by atoms with Crippen molar-refractivity contribution in [3.8, 4) is 5.75 Å². The number of hydrogen-bond acceptors (Lipinski definition) is 2. The molecule has 0 unspecified atom stereocenters. The molecule has 0 saturated heterocycles. The second-order valence-corrected chi connectivity index (χ2v) is 5.66. The Balaban J connectivity index is 2.06. The van der Waals surface area contributed by atoms with Gasteiger partial charge < -0.3 is 5.11 Å². The summed E-state index contributed by atoms with van der Waals surface area (Å²) in [7, 11) is 0. The summed E-state index contributed by atoms with van der Waals surface area (Å²) in [5.41, 5.74) is 6.47. The van der Waals surface area contributed by atoms with Crippen LogP contribution in [0, 0.1) is 20.8 Å². The van der Waals surface area contributed by atoms with Crippen molar-refractivity contribution in [3.63, 3.8) is 0 Å². The normalized spacial score (nSPS) is 11.4. The molecule has 22 heavy (non-hydrogen) atoms. The first-order chi connectivity index (χ1) is 10.6. The summed E-state index contributed by atoms with van der Waals surface area (Å²) in [5, 5.41) is 11.0. The van der Waals surface area contributed by atoms with Crippen LogP contribution in [0.25, 0.3) is 23.1 Å². The Bertz CT molecular complexity index is 878. The summed E-state index contributed by atoms with van der Waals surface area (Å²) in [6.07, 6.45) is 3.83. The minimum absolute atomic E-state index is 0.280. The van der Waals surface area contributed by atoms with E-state index in [-0.39, 0.29) is 5.75 Å². The molecule has 0 aliphatic carbocycles. The molecule has 2 nitrogen and oxygen atoms in total. The van der Waals surface area contributed by atoms with E-state index in [2.05, 4.69) is 32.9 Å². The predicted molar refractivity (Wildman–Crippen MR) is 93.0 cm³/mol. The molecule has 2 heteroatoms. The van der Waals surface area contributed by atoms with E-state index in [1.165, 1.54) is 22.1 Å². The van der Waals surface area contributed by atoms with Gasteiger partial charge in [-0.15, -0.1) is 0 Å². The number of benzene rings is 2. The molecule has 3 aromatic rings. The zero-order valence-electron chi connectivity index (χ0n) is 13.1. The first-order valence-corrected chi connectivity index (χ1v) is 7.40. The first-order valence-electron chi connectivity index (χ1n) is 7.40. The first kappa shape index (κ1) is 14.3. The van der Waals surface area contributed by atoms with E-state index in [4.69, 9.17) is 4.98 Å². The van der Waals surface area contributed by atoms with Crippen LogP contribution >= 0.6 is 0 Å². The van der Waals surface area contributed by atoms with Gasteiger partial charge >= 0.3 is 0 Å². The van der Waals surface area contributed by atoms with Gasteiger partial charge in [0.15, 0.2) is 0 Å². The van der Waals surface area contributed by atoms with Gasteiger partial charge in [0.2, 0.25) is 0 Å². The standard InChI is InChI=1S/C20H19NO/c1-13-12-14(2)18-11-10-17(21-20(18)15(13)3)9-8-16-6-4-5-7-19(16)22/h4-12,22H,1-3H3/b9-8+. The molecule has 0 spiro atoms. The summed E-state index contributed by atoms with van der Waals surface area (Å²) >= 11 is 0. The third-order valence-corrected chi connectivity index (χ3v) is 4.09. The smallest absolute Gasteiger partial charge is 0.122 e. The number of phenols is 1. The van der Waals surface area contributed by atoms with Gasteiger partial charge in [-0.25, -0.2) is 4.98 Å². The molecule has 110 valence electrons. The Morgan fingerprint density at radius 3 is 2.45 bits per heavy atom. The number of rotatable bonds is 2. The summed E-state index contributed by atoms with van der Waals surface area (Å²) in [6.45, 7) is 6.35. The lowest BCUT2D eigenvalue weighted by molar-refractivity contribution is 0.474. The quantitative estimate of drug-likeness (QED) is 0.717. The van der Waals surface area contributed by atoms with Gasteiger partial charge in [-0.2, -0.15) is 0 Å². The monoisotopic (exact) mass is 289 g/mol. The van der Waals surface area contributed by atoms with E-state index >= 15 is 0 Å². The van der Waals surface area contributed by atoms with Crippen molar-refractivity contribution in [1.29, 1.82) is 0 Å². The zero-order chi connectivity index (χ0) is 15.7. The SMILES string of the molecule is Cc1cc(C)c2ccc(/C=C/c3ccccc3O)nc2c1C. The molecule has 0 fully saturated rings. The predicted octanol–water partition coefficient (Wildman–Crippen LogP) is 5.04. The van der Waals surface area contributed by atoms with E-state index in [0.29, 0.717) is 0 Å². The number of aromatic nitrogens is 1. The molecule has 0 radical (unpaired) electrons. The highest BCUT2D eigenvalue weighted by Gasteiger charge is 2.06. The molecule has 0 amide bonds. The lowest BCUT2D eigenvalue weighted by Gasteiger charge is -2.09. The summed E-state index contributed by atoms with van der Waals surface area (Å²) < 4.78 is 0. The highest BCUT2D eigenvalue weighted by Crippen LogP contribution is 2.25. The summed E-state index contributed by atoms with van der Waals surface area (Å²) in [5.74, 6) is 0.280. The number of hydrogen-bond donors (Lipinski definition) is 1. The van der Waals surface area contributed by atoms with Gasteiger partial charge in [-0.1, -0.05) is 30.3 Å². The maximum absolute atomic E-state index is 9.81. The maximum Gasteiger partial charge on any atom is 0.122 e. The van der Waals surface area contributed by atoms with Gasteiger partial charge in [0.05, 0.1) is 11.2 Å². The van der Waals surface area contributed by atoms with Crippen LogP contribution in [-0.4, -0.2) is 10.1 Å². The van der Waals surface area contributed by atoms with Crippen LogP contribution in [0.2, 0.25) is 0 Å². The van der Waals surface area contributed by atoms with E-state index in [0.717, 1.165) is 16.8 Å². The van der Waals surface area contributed by atoms with Gasteiger partial charge in [-0.05, 0) is 61.7 Å². The van der Waals surface area contributed by atoms with E-state index in [1.54, 1.807) is 6.07 Å². The van der Waals surface area contributed by atoms with Crippen LogP contribution in [0.3, 0.4) is 0 Å². The number of nitrogens with zero attached hydrogens (tertiary/aromatic N) is 1. The number of fused-ring (bicyclic) bond motifs is 1. The highest BCUT2D eigenvalue weighted by molar-refractivity contribution is 5.87. The lowest BCUT2D eigenvalue weighted by Crippen LogP contribution is -1.92. The minimum Gasteiger partial charge on any atom is -0.507 e. The number of aryl methyl sites for hydroxylation is 3. The van der Waals surface area contributed by atoms with Crippen molar-refractivity contribution < 1.29 is 5.11 Å². The fourth-order valence-corrected chi connectivity index (χ4v) is 2.67. The maximum atomic E-state index is 9.81. The van der Waals surface area contributed by atoms with E-state index in [9.17, 15) is 5.11 Å². The van der Waals surface area contributed by atoms with Crippen molar-refractivity contribution in [3.05, 3.63) is 70.4 Å². The molecule has 1 N–H and O–H groups in total. The average molecular weight is 289 g/mol. The molecule has 1 heterocycles. The molecular formula is C20H19NO. The van der Waals surface area contributed by atoms with Crippen LogP contribution in [0.4, 0.5) is 0 Å². The zero-order valence-corrected chi connectivity index (χ0v) is 13.1. The Morgan fingerprint density at radius 2 is 1.68 bits per heavy atom. The summed E-state index contributed by atoms with van der Waals surface area (Å²) in [4.78, 5) is 4.77. The molecule has 1 aromatic heterocycles. The Morgan fingerprint density at radius 1 is 0.909 bits per heavy atom. The van der Waals surface area contributed by atoms with Crippen LogP contribution < -0.4 is 0 Å². The average Bonchev–Trinajstić information content (AvgIpc) is 2.52. The molecule has 0 saturated carbocycles. The van der Waals surface area contributed by atoms with Crippen molar-refractivity contribution in [2.45, 2.75) is 20.8 Å². The molecule has 0 bridgehead atoms. The van der Waals surface area contributed by atoms with Crippen molar-refractivity contribution >= 4 is 23.1 Å². The van der Waals surface area contributed by atoms with E-state index in [1.807, 2.05) is 36.4 Å². The second-order valence-electron chi connectivity index (χ2n) is 5.66. The Kier molecular flexibility index (Phi) is 3.68. The van der Waals surface area contributed by atoms with Crippen molar-refractivity contribution in [1.82, 2.24) is 4.98 Å². The summed E-state index contributed by atoms with van der Waals surface area (Å²) in [6, 6.07) is 13.6. The molecule has 0 atom stereocenters. The molecule has 0 aliphatic rings. The number of phenolic OH excluding ortho intramolecular Hbond substituents is 1. The van der Waals surface area contributed by atoms with Gasteiger partial charge in [-0.3, -0.25) is 0 Å². The van der Waals surface area contributed by atoms with Gasteiger partial charge in [0.1, 0.15) is 5.75 Å². The van der Waals surface area contributed by atoms with Gasteiger partial charge in [0, 0.05) is 10.9 Å². The van der Waals surface area contributed by atoms with E-state index < -0.39 is 0 Å². The number of pyridine rings is 1. The van der Waals surface area contributed by atoms with Crippen LogP contribution in [0.1, 0.15) is 27.9 Å². The van der Waals surface area contributed by atoms with Crippen LogP contribution in [0.15, 0.2) is 42.5 Å². The fourth-order valence-electron chi connectivity index (χ4n) is 2.67. The van der Waals surface area contributed by atoms with Crippen LogP contribution in [-0.2, 0) is 0 Å². The third kappa shape index (κ3) is 2.60.